The van der Waals surface area contributed by atoms with E-state index in [2.05, 4.69) is 95.5 Å². The van der Waals surface area contributed by atoms with Gasteiger partial charge in [0.1, 0.15) is 5.65 Å². The highest BCUT2D eigenvalue weighted by atomic mass is 15.0. The van der Waals surface area contributed by atoms with E-state index in [1.165, 1.54) is 28.3 Å². The van der Waals surface area contributed by atoms with Gasteiger partial charge in [0.2, 0.25) is 0 Å². The standard InChI is InChI=1S/C23H29N2/c1-15(2)20(23(5,6)7)22-21(18-10-8-16(3)9-11-18)24-19-14-17(4)12-13-25(19)22/h8-14,20H,1-7H3. The molecule has 0 aliphatic rings. The first-order valence-corrected chi connectivity index (χ1v) is 9.04. The lowest BCUT2D eigenvalue weighted by atomic mass is 9.71. The van der Waals surface area contributed by atoms with E-state index < -0.39 is 0 Å². The lowest BCUT2D eigenvalue weighted by Gasteiger charge is -2.34. The quantitative estimate of drug-likeness (QED) is 0.545. The number of aromatic nitrogens is 2. The van der Waals surface area contributed by atoms with E-state index in [1.807, 2.05) is 0 Å². The van der Waals surface area contributed by atoms with Crippen LogP contribution in [0.15, 0.2) is 42.6 Å². The number of rotatable bonds is 3. The van der Waals surface area contributed by atoms with Gasteiger partial charge in [-0.15, -0.1) is 0 Å². The number of fused-ring (bicyclic) bond motifs is 1. The third-order valence-corrected chi connectivity index (χ3v) is 4.86. The predicted molar refractivity (Wildman–Crippen MR) is 107 cm³/mol. The van der Waals surface area contributed by atoms with Crippen molar-refractivity contribution < 1.29 is 0 Å². The second kappa shape index (κ2) is 6.33. The maximum atomic E-state index is 5.04. The molecule has 2 nitrogen and oxygen atoms in total. The molecule has 0 spiro atoms. The molecule has 2 aromatic heterocycles. The molecule has 0 aliphatic carbocycles. The molecule has 0 saturated heterocycles. The van der Waals surface area contributed by atoms with E-state index in [0.717, 1.165) is 11.3 Å². The zero-order chi connectivity index (χ0) is 18.4. The van der Waals surface area contributed by atoms with Crippen LogP contribution in [-0.2, 0) is 0 Å². The molecule has 0 bridgehead atoms. The smallest absolute Gasteiger partial charge is 0.137 e. The molecule has 1 atom stereocenters. The number of pyridine rings is 1. The molecular weight excluding hydrogens is 304 g/mol. The Labute approximate surface area is 151 Å². The Morgan fingerprint density at radius 1 is 0.960 bits per heavy atom. The fraction of sp³-hybridized carbons (Fsp3) is 0.391. The van der Waals surface area contributed by atoms with Crippen molar-refractivity contribution in [2.45, 2.75) is 54.4 Å². The summed E-state index contributed by atoms with van der Waals surface area (Å²) in [5, 5.41) is 0. The predicted octanol–water partition coefficient (Wildman–Crippen LogP) is 6.36. The van der Waals surface area contributed by atoms with E-state index >= 15 is 0 Å². The van der Waals surface area contributed by atoms with Crippen molar-refractivity contribution in [2.24, 2.45) is 5.41 Å². The Hall–Kier alpha value is -2.09. The molecule has 1 unspecified atom stereocenters. The molecule has 2 heteroatoms. The molecule has 2 heterocycles. The highest BCUT2D eigenvalue weighted by molar-refractivity contribution is 5.68. The Morgan fingerprint density at radius 3 is 2.16 bits per heavy atom. The number of hydrogen-bond donors (Lipinski definition) is 0. The van der Waals surface area contributed by atoms with E-state index in [-0.39, 0.29) is 5.41 Å². The number of hydrogen-bond acceptors (Lipinski definition) is 1. The first-order valence-electron chi connectivity index (χ1n) is 9.04. The summed E-state index contributed by atoms with van der Waals surface area (Å²) in [7, 11) is 0. The maximum absolute atomic E-state index is 5.04. The van der Waals surface area contributed by atoms with Crippen molar-refractivity contribution >= 4 is 5.65 Å². The van der Waals surface area contributed by atoms with Crippen LogP contribution in [0.3, 0.4) is 0 Å². The maximum Gasteiger partial charge on any atom is 0.137 e. The van der Waals surface area contributed by atoms with Crippen molar-refractivity contribution in [3.05, 3.63) is 65.3 Å². The minimum Gasteiger partial charge on any atom is -0.303 e. The molecule has 0 N–H and O–H groups in total. The summed E-state index contributed by atoms with van der Waals surface area (Å²) < 4.78 is 2.28. The van der Waals surface area contributed by atoms with E-state index in [4.69, 9.17) is 4.98 Å². The first-order chi connectivity index (χ1) is 11.7. The van der Waals surface area contributed by atoms with Gasteiger partial charge in [0.05, 0.1) is 11.4 Å². The normalized spacial score (nSPS) is 13.6. The van der Waals surface area contributed by atoms with E-state index in [0.29, 0.717) is 5.92 Å². The minimum absolute atomic E-state index is 0.124. The van der Waals surface area contributed by atoms with Gasteiger partial charge in [-0.1, -0.05) is 64.4 Å². The van der Waals surface area contributed by atoms with Crippen LogP contribution in [0.4, 0.5) is 0 Å². The second-order valence-electron chi connectivity index (χ2n) is 8.52. The lowest BCUT2D eigenvalue weighted by molar-refractivity contribution is 0.325. The first kappa shape index (κ1) is 17.7. The number of imidazole rings is 1. The van der Waals surface area contributed by atoms with Crippen LogP contribution < -0.4 is 0 Å². The Balaban J connectivity index is 2.34. The van der Waals surface area contributed by atoms with Crippen molar-refractivity contribution in [2.75, 3.05) is 0 Å². The number of benzene rings is 1. The molecule has 1 radical (unpaired) electrons. The second-order valence-corrected chi connectivity index (χ2v) is 8.52. The highest BCUT2D eigenvalue weighted by Gasteiger charge is 2.34. The Kier molecular flexibility index (Phi) is 4.49. The molecule has 3 aromatic rings. The SMILES string of the molecule is C[C](C)C(c1c(-c2ccc(C)cc2)nc2cc(C)ccn12)C(C)(C)C. The Morgan fingerprint density at radius 2 is 1.60 bits per heavy atom. The largest absolute Gasteiger partial charge is 0.303 e. The molecule has 0 aliphatic heterocycles. The van der Waals surface area contributed by atoms with Crippen LogP contribution in [0.25, 0.3) is 16.9 Å². The van der Waals surface area contributed by atoms with Crippen LogP contribution in [0.5, 0.6) is 0 Å². The molecule has 131 valence electrons. The number of aryl methyl sites for hydroxylation is 2. The van der Waals surface area contributed by atoms with Gasteiger partial charge < -0.3 is 4.40 Å². The van der Waals surface area contributed by atoms with Crippen LogP contribution in [0, 0.1) is 25.2 Å². The topological polar surface area (TPSA) is 17.3 Å². The van der Waals surface area contributed by atoms with Crippen LogP contribution in [0.2, 0.25) is 0 Å². The molecule has 0 fully saturated rings. The monoisotopic (exact) mass is 333 g/mol. The van der Waals surface area contributed by atoms with Crippen molar-refractivity contribution in [1.29, 1.82) is 0 Å². The van der Waals surface area contributed by atoms with Crippen LogP contribution >= 0.6 is 0 Å². The van der Waals surface area contributed by atoms with Gasteiger partial charge in [-0.25, -0.2) is 4.98 Å². The van der Waals surface area contributed by atoms with E-state index in [9.17, 15) is 0 Å². The van der Waals surface area contributed by atoms with Crippen molar-refractivity contribution in [3.63, 3.8) is 0 Å². The molecule has 0 saturated carbocycles. The average Bonchev–Trinajstić information content (AvgIpc) is 2.84. The van der Waals surface area contributed by atoms with Crippen molar-refractivity contribution in [3.8, 4) is 11.3 Å². The minimum atomic E-state index is 0.124. The van der Waals surface area contributed by atoms with Gasteiger partial charge in [-0.05, 0) is 42.9 Å². The zero-order valence-electron chi connectivity index (χ0n) is 16.5. The fourth-order valence-corrected chi connectivity index (χ4v) is 3.91. The third kappa shape index (κ3) is 3.35. The summed E-state index contributed by atoms with van der Waals surface area (Å²) in [5.74, 6) is 1.75. The van der Waals surface area contributed by atoms with Gasteiger partial charge in [0, 0.05) is 17.7 Å². The van der Waals surface area contributed by atoms with Gasteiger partial charge in [-0.2, -0.15) is 0 Å². The van der Waals surface area contributed by atoms with E-state index in [1.54, 1.807) is 0 Å². The fourth-order valence-electron chi connectivity index (χ4n) is 3.91. The molecule has 3 rings (SSSR count). The third-order valence-electron chi connectivity index (χ3n) is 4.86. The molecule has 1 aromatic carbocycles. The van der Waals surface area contributed by atoms with Crippen molar-refractivity contribution in [1.82, 2.24) is 9.38 Å². The summed E-state index contributed by atoms with van der Waals surface area (Å²) in [6.45, 7) is 15.7. The summed E-state index contributed by atoms with van der Waals surface area (Å²) >= 11 is 0. The van der Waals surface area contributed by atoms with Gasteiger partial charge in [0.25, 0.3) is 0 Å². The molecule has 25 heavy (non-hydrogen) atoms. The average molecular weight is 333 g/mol. The summed E-state index contributed by atoms with van der Waals surface area (Å²) in [6, 6.07) is 13.1. The zero-order valence-corrected chi connectivity index (χ0v) is 16.5. The summed E-state index contributed by atoms with van der Waals surface area (Å²) in [4.78, 5) is 5.04. The molecular formula is C23H29N2. The van der Waals surface area contributed by atoms with Gasteiger partial charge >= 0.3 is 0 Å². The van der Waals surface area contributed by atoms with Crippen LogP contribution in [0.1, 0.15) is 57.4 Å². The number of nitrogens with zero attached hydrogens (tertiary/aromatic N) is 2. The highest BCUT2D eigenvalue weighted by Crippen LogP contribution is 2.45. The molecule has 0 amide bonds. The summed E-state index contributed by atoms with van der Waals surface area (Å²) in [5.41, 5.74) is 7.26. The van der Waals surface area contributed by atoms with Crippen LogP contribution in [-0.4, -0.2) is 9.38 Å². The Bertz CT molecular complexity index is 877. The summed E-state index contributed by atoms with van der Waals surface area (Å²) in [6.07, 6.45) is 2.17. The van der Waals surface area contributed by atoms with Gasteiger partial charge in [-0.3, -0.25) is 0 Å². The lowest BCUT2D eigenvalue weighted by Crippen LogP contribution is -2.24. The van der Waals surface area contributed by atoms with Gasteiger partial charge in [0.15, 0.2) is 0 Å².